The first-order valence-corrected chi connectivity index (χ1v) is 7.72. The van der Waals surface area contributed by atoms with E-state index in [9.17, 15) is 18.0 Å². The zero-order valence-corrected chi connectivity index (χ0v) is 13.4. The molecule has 0 spiro atoms. The van der Waals surface area contributed by atoms with E-state index in [1.54, 1.807) is 7.11 Å². The molecule has 0 saturated carbocycles. The van der Waals surface area contributed by atoms with E-state index in [2.05, 4.69) is 15.0 Å². The predicted molar refractivity (Wildman–Crippen MR) is 81.9 cm³/mol. The van der Waals surface area contributed by atoms with Gasteiger partial charge in [0.2, 0.25) is 0 Å². The van der Waals surface area contributed by atoms with E-state index in [0.29, 0.717) is 24.6 Å². The van der Waals surface area contributed by atoms with Crippen molar-refractivity contribution in [1.82, 2.24) is 10.2 Å². The summed E-state index contributed by atoms with van der Waals surface area (Å²) in [6, 6.07) is 4.89. The maximum Gasteiger partial charge on any atom is 0.573 e. The number of likely N-dealkylation sites (tertiary alicyclic amines) is 1. The summed E-state index contributed by atoms with van der Waals surface area (Å²) in [5.74, 6) is -0.272. The van der Waals surface area contributed by atoms with Crippen LogP contribution in [0.4, 0.5) is 13.2 Å². The predicted octanol–water partition coefficient (Wildman–Crippen LogP) is 2.28. The zero-order chi connectivity index (χ0) is 17.6. The molecule has 1 atom stereocenters. The number of hydrogen-bond acceptors (Lipinski definition) is 4. The average molecular weight is 346 g/mol. The monoisotopic (exact) mass is 346 g/mol. The Morgan fingerprint density at radius 1 is 1.33 bits per heavy atom. The van der Waals surface area contributed by atoms with Crippen LogP contribution in [-0.2, 0) is 4.74 Å². The van der Waals surface area contributed by atoms with Crippen LogP contribution in [0.3, 0.4) is 0 Å². The summed E-state index contributed by atoms with van der Waals surface area (Å²) in [4.78, 5) is 14.3. The number of hydrogen-bond donors (Lipinski definition) is 1. The van der Waals surface area contributed by atoms with Crippen molar-refractivity contribution in [2.75, 3.05) is 39.9 Å². The highest BCUT2D eigenvalue weighted by atomic mass is 19.4. The van der Waals surface area contributed by atoms with Crippen LogP contribution in [-0.4, -0.2) is 57.1 Å². The van der Waals surface area contributed by atoms with E-state index in [1.807, 2.05) is 0 Å². The molecule has 0 aliphatic carbocycles. The first-order valence-electron chi connectivity index (χ1n) is 7.72. The third-order valence-corrected chi connectivity index (χ3v) is 3.88. The molecule has 1 aliphatic heterocycles. The van der Waals surface area contributed by atoms with Gasteiger partial charge in [0.1, 0.15) is 5.75 Å². The van der Waals surface area contributed by atoms with Gasteiger partial charge in [0.05, 0.1) is 6.61 Å². The lowest BCUT2D eigenvalue weighted by atomic mass is 10.1. The fourth-order valence-corrected chi connectivity index (χ4v) is 2.65. The number of carbonyl (C=O) groups is 1. The van der Waals surface area contributed by atoms with Crippen molar-refractivity contribution < 1.29 is 27.4 Å². The quantitative estimate of drug-likeness (QED) is 0.823. The first-order chi connectivity index (χ1) is 11.4. The molecule has 1 aromatic carbocycles. The van der Waals surface area contributed by atoms with Crippen molar-refractivity contribution >= 4 is 5.91 Å². The number of rotatable bonds is 7. The topological polar surface area (TPSA) is 50.8 Å². The summed E-state index contributed by atoms with van der Waals surface area (Å²) >= 11 is 0. The largest absolute Gasteiger partial charge is 0.573 e. The minimum Gasteiger partial charge on any atom is -0.406 e. The molecule has 1 fully saturated rings. The lowest BCUT2D eigenvalue weighted by Crippen LogP contribution is -2.31. The van der Waals surface area contributed by atoms with Crippen LogP contribution in [0.25, 0.3) is 0 Å². The normalized spacial score (nSPS) is 18.6. The number of halogens is 3. The van der Waals surface area contributed by atoms with Crippen molar-refractivity contribution in [3.8, 4) is 5.75 Å². The second-order valence-corrected chi connectivity index (χ2v) is 5.73. The van der Waals surface area contributed by atoms with Gasteiger partial charge in [-0.15, -0.1) is 13.2 Å². The number of carbonyl (C=O) groups excluding carboxylic acids is 1. The van der Waals surface area contributed by atoms with Crippen LogP contribution in [0.5, 0.6) is 5.75 Å². The fourth-order valence-electron chi connectivity index (χ4n) is 2.65. The van der Waals surface area contributed by atoms with Crippen LogP contribution >= 0.6 is 0 Å². The minimum atomic E-state index is -4.74. The van der Waals surface area contributed by atoms with Gasteiger partial charge in [-0.2, -0.15) is 0 Å². The van der Waals surface area contributed by atoms with E-state index >= 15 is 0 Å². The van der Waals surface area contributed by atoms with Gasteiger partial charge in [-0.1, -0.05) is 0 Å². The van der Waals surface area contributed by atoms with E-state index < -0.39 is 6.36 Å². The van der Waals surface area contributed by atoms with Crippen molar-refractivity contribution in [3.05, 3.63) is 29.8 Å². The Labute approximate surface area is 138 Å². The van der Waals surface area contributed by atoms with Crippen LogP contribution in [0.1, 0.15) is 16.8 Å². The van der Waals surface area contributed by atoms with Crippen molar-refractivity contribution in [3.63, 3.8) is 0 Å². The summed E-state index contributed by atoms with van der Waals surface area (Å²) in [5.41, 5.74) is 0.304. The van der Waals surface area contributed by atoms with E-state index in [1.165, 1.54) is 12.1 Å². The summed E-state index contributed by atoms with van der Waals surface area (Å²) in [6.45, 7) is 3.99. The fraction of sp³-hybridized carbons (Fsp3) is 0.562. The molecule has 1 saturated heterocycles. The smallest absolute Gasteiger partial charge is 0.406 e. The number of alkyl halides is 3. The molecule has 1 N–H and O–H groups in total. The lowest BCUT2D eigenvalue weighted by Gasteiger charge is -2.15. The number of methoxy groups -OCH3 is 1. The Morgan fingerprint density at radius 3 is 2.67 bits per heavy atom. The molecule has 1 unspecified atom stereocenters. The lowest BCUT2D eigenvalue weighted by molar-refractivity contribution is -0.274. The Bertz CT molecular complexity index is 534. The van der Waals surface area contributed by atoms with E-state index in [0.717, 1.165) is 38.2 Å². The zero-order valence-electron chi connectivity index (χ0n) is 13.4. The van der Waals surface area contributed by atoms with Gasteiger partial charge in [0.15, 0.2) is 0 Å². The van der Waals surface area contributed by atoms with Crippen LogP contribution in [0.15, 0.2) is 24.3 Å². The molecular formula is C16H21F3N2O3. The molecule has 2 rings (SSSR count). The molecule has 1 aliphatic rings. The van der Waals surface area contributed by atoms with Gasteiger partial charge in [-0.3, -0.25) is 4.79 Å². The van der Waals surface area contributed by atoms with E-state index in [4.69, 9.17) is 4.74 Å². The van der Waals surface area contributed by atoms with Crippen molar-refractivity contribution in [2.24, 2.45) is 5.92 Å². The maximum atomic E-state index is 12.1. The highest BCUT2D eigenvalue weighted by Crippen LogP contribution is 2.22. The number of nitrogens with one attached hydrogen (secondary N) is 1. The van der Waals surface area contributed by atoms with Gasteiger partial charge in [-0.05, 0) is 43.1 Å². The van der Waals surface area contributed by atoms with Gasteiger partial charge in [0, 0.05) is 32.3 Å². The van der Waals surface area contributed by atoms with Crippen LogP contribution in [0.2, 0.25) is 0 Å². The second kappa shape index (κ2) is 8.34. The van der Waals surface area contributed by atoms with Gasteiger partial charge >= 0.3 is 6.36 Å². The Balaban J connectivity index is 1.77. The van der Waals surface area contributed by atoms with Gasteiger partial charge < -0.3 is 19.7 Å². The molecule has 134 valence electrons. The molecule has 5 nitrogen and oxygen atoms in total. The number of amides is 1. The van der Waals surface area contributed by atoms with Gasteiger partial charge in [-0.25, -0.2) is 0 Å². The number of nitrogens with zero attached hydrogens (tertiary/aromatic N) is 1. The second-order valence-electron chi connectivity index (χ2n) is 5.73. The van der Waals surface area contributed by atoms with Crippen LogP contribution < -0.4 is 10.1 Å². The maximum absolute atomic E-state index is 12.1. The van der Waals surface area contributed by atoms with Crippen LogP contribution in [0, 0.1) is 5.92 Å². The molecule has 8 heteroatoms. The SMILES string of the molecule is COCCN1CCC(CNC(=O)c2ccc(OC(F)(F)F)cc2)C1. The average Bonchev–Trinajstić information content (AvgIpc) is 2.97. The standard InChI is InChI=1S/C16H21F3N2O3/c1-23-9-8-21-7-6-12(11-21)10-20-15(22)13-2-4-14(5-3-13)24-16(17,18)19/h2-5,12H,6-11H2,1H3,(H,20,22). The van der Waals surface area contributed by atoms with Crippen molar-refractivity contribution in [2.45, 2.75) is 12.8 Å². The Hall–Kier alpha value is -1.80. The third kappa shape index (κ3) is 6.01. The summed E-state index contributed by atoms with van der Waals surface area (Å²) in [7, 11) is 1.67. The summed E-state index contributed by atoms with van der Waals surface area (Å²) < 4.78 is 45.1. The molecule has 0 aromatic heterocycles. The Morgan fingerprint density at radius 2 is 2.04 bits per heavy atom. The molecular weight excluding hydrogens is 325 g/mol. The molecule has 0 radical (unpaired) electrons. The molecule has 1 aromatic rings. The van der Waals surface area contributed by atoms with Crippen molar-refractivity contribution in [1.29, 1.82) is 0 Å². The molecule has 24 heavy (non-hydrogen) atoms. The highest BCUT2D eigenvalue weighted by molar-refractivity contribution is 5.94. The molecule has 0 bridgehead atoms. The third-order valence-electron chi connectivity index (χ3n) is 3.88. The van der Waals surface area contributed by atoms with E-state index in [-0.39, 0.29) is 11.7 Å². The molecule has 1 amide bonds. The summed E-state index contributed by atoms with van der Waals surface area (Å²) in [6.07, 6.45) is -3.73. The highest BCUT2D eigenvalue weighted by Gasteiger charge is 2.31. The van der Waals surface area contributed by atoms with Gasteiger partial charge in [0.25, 0.3) is 5.91 Å². The first kappa shape index (κ1) is 18.5. The molecule has 1 heterocycles. The number of ether oxygens (including phenoxy) is 2. The minimum absolute atomic E-state index is 0.302. The number of benzene rings is 1. The summed E-state index contributed by atoms with van der Waals surface area (Å²) in [5, 5.41) is 2.83. The Kier molecular flexibility index (Phi) is 6.44.